The Labute approximate surface area is 141 Å². The fourth-order valence-corrected chi connectivity index (χ4v) is 2.42. The number of hydrogen-bond donors (Lipinski definition) is 4. The van der Waals surface area contributed by atoms with E-state index in [0.29, 0.717) is 12.2 Å². The molecule has 0 aliphatic rings. The molecule has 0 bridgehead atoms. The molecule has 2 aromatic carbocycles. The summed E-state index contributed by atoms with van der Waals surface area (Å²) in [4.78, 5) is 0. The average Bonchev–Trinajstić information content (AvgIpc) is 2.58. The van der Waals surface area contributed by atoms with Gasteiger partial charge in [-0.05, 0) is 61.3 Å². The van der Waals surface area contributed by atoms with E-state index < -0.39 is 0 Å². The molecule has 4 N–H and O–H groups in total. The molecule has 0 saturated heterocycles. The van der Waals surface area contributed by atoms with Gasteiger partial charge >= 0.3 is 0 Å². The molecule has 24 heavy (non-hydrogen) atoms. The molecule has 0 aromatic heterocycles. The van der Waals surface area contributed by atoms with Gasteiger partial charge in [0, 0.05) is 0 Å². The van der Waals surface area contributed by atoms with Crippen LogP contribution < -0.4 is 14.8 Å². The molecule has 0 heterocycles. The van der Waals surface area contributed by atoms with Crippen molar-refractivity contribution in [1.82, 2.24) is 5.32 Å². The zero-order chi connectivity index (χ0) is 17.5. The first-order chi connectivity index (χ1) is 11.5. The SMILES string of the molecule is COc1cc(CCNCCc2cc(O)c(O)c(OC)c2)ccc1O. The molecule has 0 unspecified atom stereocenters. The highest BCUT2D eigenvalue weighted by molar-refractivity contribution is 5.52. The highest BCUT2D eigenvalue weighted by Crippen LogP contribution is 2.36. The van der Waals surface area contributed by atoms with Gasteiger partial charge in [0.15, 0.2) is 23.0 Å². The first-order valence-corrected chi connectivity index (χ1v) is 7.70. The number of aromatic hydroxyl groups is 3. The van der Waals surface area contributed by atoms with E-state index in [1.54, 1.807) is 12.1 Å². The monoisotopic (exact) mass is 333 g/mol. The number of nitrogens with one attached hydrogen (secondary N) is 1. The number of methoxy groups -OCH3 is 2. The lowest BCUT2D eigenvalue weighted by atomic mass is 10.1. The van der Waals surface area contributed by atoms with Gasteiger partial charge in [0.05, 0.1) is 14.2 Å². The summed E-state index contributed by atoms with van der Waals surface area (Å²) < 4.78 is 10.1. The van der Waals surface area contributed by atoms with Crippen molar-refractivity contribution < 1.29 is 24.8 Å². The summed E-state index contributed by atoms with van der Waals surface area (Å²) in [7, 11) is 2.97. The first-order valence-electron chi connectivity index (χ1n) is 7.70. The van der Waals surface area contributed by atoms with Gasteiger partial charge in [0.1, 0.15) is 0 Å². The first kappa shape index (κ1) is 17.7. The molecule has 6 heteroatoms. The van der Waals surface area contributed by atoms with Crippen LogP contribution in [0.3, 0.4) is 0 Å². The molecule has 0 aliphatic carbocycles. The molecule has 0 fully saturated rings. The van der Waals surface area contributed by atoms with Crippen LogP contribution in [0, 0.1) is 0 Å². The number of phenolic OH excluding ortho intramolecular Hbond substituents is 3. The normalized spacial score (nSPS) is 10.6. The van der Waals surface area contributed by atoms with Crippen molar-refractivity contribution in [3.63, 3.8) is 0 Å². The van der Waals surface area contributed by atoms with Gasteiger partial charge in [0.25, 0.3) is 0 Å². The van der Waals surface area contributed by atoms with E-state index in [4.69, 9.17) is 9.47 Å². The second-order valence-corrected chi connectivity index (χ2v) is 5.42. The van der Waals surface area contributed by atoms with E-state index in [1.807, 2.05) is 12.1 Å². The Hall–Kier alpha value is -2.60. The quantitative estimate of drug-likeness (QED) is 0.437. The molecule has 0 spiro atoms. The largest absolute Gasteiger partial charge is 0.504 e. The summed E-state index contributed by atoms with van der Waals surface area (Å²) in [5.74, 6) is 0.451. The molecule has 2 aromatic rings. The lowest BCUT2D eigenvalue weighted by molar-refractivity contribution is 0.350. The highest BCUT2D eigenvalue weighted by atomic mass is 16.5. The fraction of sp³-hybridized carbons (Fsp3) is 0.333. The van der Waals surface area contributed by atoms with E-state index >= 15 is 0 Å². The standard InChI is InChI=1S/C18H23NO5/c1-23-16-10-12(3-4-14(16)20)5-7-19-8-6-13-9-15(21)18(22)17(11-13)24-2/h3-4,9-11,19-22H,5-8H2,1-2H3. The molecule has 0 saturated carbocycles. The molecular weight excluding hydrogens is 310 g/mol. The Morgan fingerprint density at radius 3 is 2.08 bits per heavy atom. The Balaban J connectivity index is 1.80. The van der Waals surface area contributed by atoms with Crippen LogP contribution in [0.2, 0.25) is 0 Å². The van der Waals surface area contributed by atoms with Crippen LogP contribution >= 0.6 is 0 Å². The molecule has 0 aliphatic heterocycles. The molecule has 2 rings (SSSR count). The van der Waals surface area contributed by atoms with Crippen molar-refractivity contribution in [3.05, 3.63) is 41.5 Å². The number of rotatable bonds is 8. The maximum Gasteiger partial charge on any atom is 0.200 e. The van der Waals surface area contributed by atoms with Gasteiger partial charge in [-0.25, -0.2) is 0 Å². The summed E-state index contributed by atoms with van der Waals surface area (Å²) >= 11 is 0. The van der Waals surface area contributed by atoms with Gasteiger partial charge in [0.2, 0.25) is 5.75 Å². The molecule has 0 amide bonds. The number of phenols is 3. The predicted molar refractivity (Wildman–Crippen MR) is 91.3 cm³/mol. The second kappa shape index (κ2) is 8.31. The summed E-state index contributed by atoms with van der Waals surface area (Å²) in [6, 6.07) is 8.55. The number of benzene rings is 2. The van der Waals surface area contributed by atoms with E-state index in [1.165, 1.54) is 20.3 Å². The number of hydrogen-bond acceptors (Lipinski definition) is 6. The third-order valence-corrected chi connectivity index (χ3v) is 3.76. The lowest BCUT2D eigenvalue weighted by Gasteiger charge is -2.10. The summed E-state index contributed by atoms with van der Waals surface area (Å²) in [5, 5.41) is 32.1. The van der Waals surface area contributed by atoms with E-state index in [-0.39, 0.29) is 23.0 Å². The Morgan fingerprint density at radius 2 is 1.42 bits per heavy atom. The van der Waals surface area contributed by atoms with Crippen LogP contribution in [0.25, 0.3) is 0 Å². The fourth-order valence-electron chi connectivity index (χ4n) is 2.42. The minimum absolute atomic E-state index is 0.135. The van der Waals surface area contributed by atoms with Crippen LogP contribution in [-0.4, -0.2) is 42.6 Å². The Bertz CT molecular complexity index is 687. The van der Waals surface area contributed by atoms with Crippen molar-refractivity contribution in [2.75, 3.05) is 27.3 Å². The minimum atomic E-state index is -0.240. The van der Waals surface area contributed by atoms with Gasteiger partial charge in [-0.15, -0.1) is 0 Å². The summed E-state index contributed by atoms with van der Waals surface area (Å²) in [6.45, 7) is 1.50. The summed E-state index contributed by atoms with van der Waals surface area (Å²) in [5.41, 5.74) is 1.95. The predicted octanol–water partition coefficient (Wildman–Crippen LogP) is 2.20. The van der Waals surface area contributed by atoms with Gasteiger partial charge < -0.3 is 30.1 Å². The Kier molecular flexibility index (Phi) is 6.14. The molecular formula is C18H23NO5. The van der Waals surface area contributed by atoms with Crippen molar-refractivity contribution in [2.24, 2.45) is 0 Å². The second-order valence-electron chi connectivity index (χ2n) is 5.42. The van der Waals surface area contributed by atoms with Gasteiger partial charge in [-0.2, -0.15) is 0 Å². The molecule has 0 radical (unpaired) electrons. The molecule has 0 atom stereocenters. The topological polar surface area (TPSA) is 91.2 Å². The maximum absolute atomic E-state index is 9.65. The maximum atomic E-state index is 9.65. The number of ether oxygens (including phenoxy) is 2. The van der Waals surface area contributed by atoms with Crippen molar-refractivity contribution in [1.29, 1.82) is 0 Å². The Morgan fingerprint density at radius 1 is 0.792 bits per heavy atom. The van der Waals surface area contributed by atoms with Crippen LogP contribution in [0.15, 0.2) is 30.3 Å². The zero-order valence-corrected chi connectivity index (χ0v) is 13.9. The van der Waals surface area contributed by atoms with Crippen LogP contribution in [0.1, 0.15) is 11.1 Å². The van der Waals surface area contributed by atoms with Crippen LogP contribution in [0.4, 0.5) is 0 Å². The van der Waals surface area contributed by atoms with Gasteiger partial charge in [-0.1, -0.05) is 6.07 Å². The highest BCUT2D eigenvalue weighted by Gasteiger charge is 2.09. The van der Waals surface area contributed by atoms with Crippen LogP contribution in [0.5, 0.6) is 28.7 Å². The van der Waals surface area contributed by atoms with Crippen molar-refractivity contribution >= 4 is 0 Å². The van der Waals surface area contributed by atoms with Crippen molar-refractivity contribution in [2.45, 2.75) is 12.8 Å². The third-order valence-electron chi connectivity index (χ3n) is 3.76. The minimum Gasteiger partial charge on any atom is -0.504 e. The third kappa shape index (κ3) is 4.45. The van der Waals surface area contributed by atoms with Gasteiger partial charge in [-0.3, -0.25) is 0 Å². The molecule has 6 nitrogen and oxygen atoms in total. The molecule has 130 valence electrons. The van der Waals surface area contributed by atoms with Crippen molar-refractivity contribution in [3.8, 4) is 28.7 Å². The van der Waals surface area contributed by atoms with E-state index in [9.17, 15) is 15.3 Å². The van der Waals surface area contributed by atoms with Crippen LogP contribution in [-0.2, 0) is 12.8 Å². The summed E-state index contributed by atoms with van der Waals surface area (Å²) in [6.07, 6.45) is 1.50. The average molecular weight is 333 g/mol. The van der Waals surface area contributed by atoms with E-state index in [0.717, 1.165) is 30.6 Å². The smallest absolute Gasteiger partial charge is 0.200 e. The lowest BCUT2D eigenvalue weighted by Crippen LogP contribution is -2.20. The van der Waals surface area contributed by atoms with E-state index in [2.05, 4.69) is 5.32 Å². The zero-order valence-electron chi connectivity index (χ0n) is 13.9.